The number of nitrogens with zero attached hydrogens (tertiary/aromatic N) is 2. The molecule has 1 aromatic heterocycles. The van der Waals surface area contributed by atoms with Gasteiger partial charge in [-0.15, -0.1) is 0 Å². The first-order chi connectivity index (χ1) is 8.98. The largest absolute Gasteiger partial charge is 0.405 e. The van der Waals surface area contributed by atoms with E-state index in [4.69, 9.17) is 11.6 Å². The first kappa shape index (κ1) is 17.0. The van der Waals surface area contributed by atoms with Crippen LogP contribution < -0.4 is 10.2 Å². The van der Waals surface area contributed by atoms with Crippen molar-refractivity contribution in [3.8, 4) is 0 Å². The van der Waals surface area contributed by atoms with Crippen LogP contribution in [0.5, 0.6) is 0 Å². The number of halogens is 4. The number of anilines is 1. The van der Waals surface area contributed by atoms with Crippen LogP contribution in [-0.4, -0.2) is 30.3 Å². The number of alkyl halides is 3. The second-order valence-corrected chi connectivity index (χ2v) is 6.13. The summed E-state index contributed by atoms with van der Waals surface area (Å²) in [5, 5.41) is 3.47. The van der Waals surface area contributed by atoms with E-state index in [1.165, 1.54) is 13.2 Å². The van der Waals surface area contributed by atoms with Gasteiger partial charge in [0.15, 0.2) is 0 Å². The Bertz CT molecular complexity index is 455. The van der Waals surface area contributed by atoms with Crippen LogP contribution in [0.25, 0.3) is 0 Å². The molecule has 0 unspecified atom stereocenters. The highest BCUT2D eigenvalue weighted by molar-refractivity contribution is 6.33. The van der Waals surface area contributed by atoms with Crippen LogP contribution in [0.3, 0.4) is 0 Å². The Morgan fingerprint density at radius 1 is 1.30 bits per heavy atom. The van der Waals surface area contributed by atoms with Crippen LogP contribution in [0.2, 0.25) is 5.02 Å². The van der Waals surface area contributed by atoms with E-state index in [0.717, 1.165) is 10.5 Å². The molecule has 0 saturated heterocycles. The molecule has 1 aromatic rings. The van der Waals surface area contributed by atoms with E-state index in [1.54, 1.807) is 6.07 Å². The van der Waals surface area contributed by atoms with Gasteiger partial charge in [-0.25, -0.2) is 4.98 Å². The van der Waals surface area contributed by atoms with Crippen LogP contribution in [0.15, 0.2) is 12.3 Å². The van der Waals surface area contributed by atoms with E-state index < -0.39 is 12.7 Å². The van der Waals surface area contributed by atoms with E-state index in [1.807, 2.05) is 20.8 Å². The average Bonchev–Trinajstić information content (AvgIpc) is 2.22. The lowest BCUT2D eigenvalue weighted by atomic mass is 10.1. The van der Waals surface area contributed by atoms with Gasteiger partial charge in [0, 0.05) is 25.3 Å². The zero-order valence-electron chi connectivity index (χ0n) is 12.0. The second kappa shape index (κ2) is 6.18. The van der Waals surface area contributed by atoms with E-state index >= 15 is 0 Å². The maximum Gasteiger partial charge on any atom is 0.405 e. The SMILES string of the molecule is CN(CC(F)(F)F)c1ncc(CNC(C)(C)C)cc1Cl. The fourth-order valence-electron chi connectivity index (χ4n) is 1.56. The molecule has 1 rings (SSSR count). The molecule has 1 N–H and O–H groups in total. The summed E-state index contributed by atoms with van der Waals surface area (Å²) in [6.45, 7) is 5.54. The van der Waals surface area contributed by atoms with Gasteiger partial charge < -0.3 is 10.2 Å². The molecule has 20 heavy (non-hydrogen) atoms. The summed E-state index contributed by atoms with van der Waals surface area (Å²) in [5.74, 6) is 0.128. The smallest absolute Gasteiger partial charge is 0.349 e. The van der Waals surface area contributed by atoms with Gasteiger partial charge in [0.05, 0.1) is 5.02 Å². The lowest BCUT2D eigenvalue weighted by Gasteiger charge is -2.22. The molecule has 7 heteroatoms. The molecule has 0 fully saturated rings. The number of hydrogen-bond acceptors (Lipinski definition) is 3. The highest BCUT2D eigenvalue weighted by Crippen LogP contribution is 2.26. The number of nitrogens with one attached hydrogen (secondary N) is 1. The third-order valence-electron chi connectivity index (χ3n) is 2.48. The van der Waals surface area contributed by atoms with Crippen molar-refractivity contribution in [1.82, 2.24) is 10.3 Å². The Hall–Kier alpha value is -1.01. The van der Waals surface area contributed by atoms with Crippen molar-refractivity contribution in [2.24, 2.45) is 0 Å². The standard InChI is InChI=1S/C13H19ClF3N3/c1-12(2,3)19-7-9-5-10(14)11(18-6-9)20(4)8-13(15,16)17/h5-6,19H,7-8H2,1-4H3. The molecule has 0 aliphatic heterocycles. The number of hydrogen-bond donors (Lipinski definition) is 1. The van der Waals surface area contributed by atoms with Crippen LogP contribution in [-0.2, 0) is 6.54 Å². The summed E-state index contributed by atoms with van der Waals surface area (Å²) in [5.41, 5.74) is 0.771. The van der Waals surface area contributed by atoms with Gasteiger partial charge in [-0.2, -0.15) is 13.2 Å². The van der Waals surface area contributed by atoms with Gasteiger partial charge >= 0.3 is 6.18 Å². The molecule has 114 valence electrons. The Kier molecular flexibility index (Phi) is 5.27. The molecule has 0 radical (unpaired) electrons. The van der Waals surface area contributed by atoms with E-state index in [2.05, 4.69) is 10.3 Å². The highest BCUT2D eigenvalue weighted by atomic mass is 35.5. The minimum absolute atomic E-state index is 0.0573. The zero-order valence-corrected chi connectivity index (χ0v) is 12.7. The molecular weight excluding hydrogens is 291 g/mol. The molecular formula is C13H19ClF3N3. The van der Waals surface area contributed by atoms with Gasteiger partial charge in [-0.1, -0.05) is 11.6 Å². The molecule has 0 spiro atoms. The Morgan fingerprint density at radius 2 is 1.90 bits per heavy atom. The van der Waals surface area contributed by atoms with Gasteiger partial charge in [0.1, 0.15) is 12.4 Å². The van der Waals surface area contributed by atoms with Crippen molar-refractivity contribution in [2.75, 3.05) is 18.5 Å². The van der Waals surface area contributed by atoms with Crippen molar-refractivity contribution < 1.29 is 13.2 Å². The van der Waals surface area contributed by atoms with E-state index in [-0.39, 0.29) is 16.4 Å². The summed E-state index contributed by atoms with van der Waals surface area (Å²) in [4.78, 5) is 5.01. The van der Waals surface area contributed by atoms with Crippen molar-refractivity contribution in [1.29, 1.82) is 0 Å². The van der Waals surface area contributed by atoms with Crippen molar-refractivity contribution >= 4 is 17.4 Å². The molecule has 0 bridgehead atoms. The van der Waals surface area contributed by atoms with Crippen LogP contribution in [0, 0.1) is 0 Å². The molecule has 0 amide bonds. The lowest BCUT2D eigenvalue weighted by Crippen LogP contribution is -2.35. The highest BCUT2D eigenvalue weighted by Gasteiger charge is 2.30. The number of pyridine rings is 1. The van der Waals surface area contributed by atoms with Crippen molar-refractivity contribution in [3.63, 3.8) is 0 Å². The summed E-state index contributed by atoms with van der Waals surface area (Å²) >= 11 is 6.00. The molecule has 3 nitrogen and oxygen atoms in total. The Morgan fingerprint density at radius 3 is 2.35 bits per heavy atom. The van der Waals surface area contributed by atoms with Crippen LogP contribution in [0.1, 0.15) is 26.3 Å². The summed E-state index contributed by atoms with van der Waals surface area (Å²) in [6, 6.07) is 1.63. The molecule has 0 aliphatic rings. The normalized spacial score (nSPS) is 12.6. The van der Waals surface area contributed by atoms with Gasteiger partial charge in [0.2, 0.25) is 0 Å². The Labute approximate surface area is 122 Å². The Balaban J connectivity index is 2.78. The van der Waals surface area contributed by atoms with Gasteiger partial charge in [-0.3, -0.25) is 0 Å². The van der Waals surface area contributed by atoms with Gasteiger partial charge in [0.25, 0.3) is 0 Å². The molecule has 0 aliphatic carbocycles. The zero-order chi connectivity index (χ0) is 15.6. The van der Waals surface area contributed by atoms with E-state index in [0.29, 0.717) is 6.54 Å². The first-order valence-electron chi connectivity index (χ1n) is 6.15. The minimum atomic E-state index is -4.29. The average molecular weight is 310 g/mol. The van der Waals surface area contributed by atoms with Crippen LogP contribution in [0.4, 0.5) is 19.0 Å². The number of aromatic nitrogens is 1. The third-order valence-corrected chi connectivity index (χ3v) is 2.76. The van der Waals surface area contributed by atoms with Gasteiger partial charge in [-0.05, 0) is 32.4 Å². The fraction of sp³-hybridized carbons (Fsp3) is 0.615. The fourth-order valence-corrected chi connectivity index (χ4v) is 1.89. The molecule has 1 heterocycles. The quantitative estimate of drug-likeness (QED) is 0.920. The van der Waals surface area contributed by atoms with Crippen molar-refractivity contribution in [2.45, 2.75) is 39.0 Å². The first-order valence-corrected chi connectivity index (χ1v) is 6.53. The third kappa shape index (κ3) is 5.96. The lowest BCUT2D eigenvalue weighted by molar-refractivity contribution is -0.119. The topological polar surface area (TPSA) is 28.2 Å². The minimum Gasteiger partial charge on any atom is -0.349 e. The monoisotopic (exact) mass is 309 g/mol. The molecule has 0 aromatic carbocycles. The molecule has 0 atom stereocenters. The van der Waals surface area contributed by atoms with Crippen molar-refractivity contribution in [3.05, 3.63) is 22.8 Å². The molecule has 0 saturated carbocycles. The summed E-state index contributed by atoms with van der Waals surface area (Å²) < 4.78 is 37.0. The van der Waals surface area contributed by atoms with E-state index in [9.17, 15) is 13.2 Å². The van der Waals surface area contributed by atoms with Crippen LogP contribution >= 0.6 is 11.6 Å². The summed E-state index contributed by atoms with van der Waals surface area (Å²) in [7, 11) is 1.31. The predicted molar refractivity (Wildman–Crippen MR) is 75.2 cm³/mol. The number of rotatable bonds is 4. The maximum absolute atomic E-state index is 12.3. The summed E-state index contributed by atoms with van der Waals surface area (Å²) in [6.07, 6.45) is -2.75. The predicted octanol–water partition coefficient (Wildman–Crippen LogP) is 3.62. The maximum atomic E-state index is 12.3. The second-order valence-electron chi connectivity index (χ2n) is 5.72.